The number of nitriles is 1. The Morgan fingerprint density at radius 1 is 1.29 bits per heavy atom. The largest absolute Gasteiger partial charge is 0.453 e. The molecule has 0 radical (unpaired) electrons. The van der Waals surface area contributed by atoms with Crippen LogP contribution in [0.25, 0.3) is 0 Å². The monoisotopic (exact) mass is 437 g/mol. The summed E-state index contributed by atoms with van der Waals surface area (Å²) in [6.07, 6.45) is -5.33. The summed E-state index contributed by atoms with van der Waals surface area (Å²) in [4.78, 5) is 38.9. The van der Waals surface area contributed by atoms with E-state index in [0.717, 1.165) is 17.0 Å². The van der Waals surface area contributed by atoms with Crippen molar-refractivity contribution in [2.75, 3.05) is 12.0 Å². The van der Waals surface area contributed by atoms with Gasteiger partial charge in [0.2, 0.25) is 11.8 Å². The van der Waals surface area contributed by atoms with Gasteiger partial charge in [-0.3, -0.25) is 9.59 Å². The molecular formula is C20H18F3N3O5. The second-order valence-corrected chi connectivity index (χ2v) is 8.30. The molecule has 1 N–H and O–H groups in total. The molecule has 164 valence electrons. The minimum absolute atomic E-state index is 0.230. The molecule has 3 aliphatic rings. The van der Waals surface area contributed by atoms with Crippen molar-refractivity contribution in [3.63, 3.8) is 0 Å². The zero-order valence-electron chi connectivity index (χ0n) is 16.7. The molecule has 5 atom stereocenters. The highest BCUT2D eigenvalue weighted by Gasteiger charge is 2.76. The molecule has 0 spiro atoms. The van der Waals surface area contributed by atoms with Gasteiger partial charge < -0.3 is 14.8 Å². The maximum Gasteiger partial charge on any atom is 0.417 e. The lowest BCUT2D eigenvalue weighted by Crippen LogP contribution is -2.56. The summed E-state index contributed by atoms with van der Waals surface area (Å²) in [5, 5.41) is 11.6. The molecule has 3 aliphatic heterocycles. The smallest absolute Gasteiger partial charge is 0.417 e. The van der Waals surface area contributed by atoms with Crippen LogP contribution in [-0.4, -0.2) is 42.3 Å². The summed E-state index contributed by atoms with van der Waals surface area (Å²) in [7, 11) is 1.19. The molecule has 0 aromatic heterocycles. The number of anilines is 1. The fourth-order valence-corrected chi connectivity index (χ4v) is 5.21. The number of amides is 3. The predicted octanol–water partition coefficient (Wildman–Crippen LogP) is 2.36. The molecule has 31 heavy (non-hydrogen) atoms. The summed E-state index contributed by atoms with van der Waals surface area (Å²) in [6.45, 7) is 3.24. The zero-order chi connectivity index (χ0) is 22.9. The highest BCUT2D eigenvalue weighted by Crippen LogP contribution is 2.61. The van der Waals surface area contributed by atoms with E-state index in [2.05, 4.69) is 10.1 Å². The number of rotatable bonds is 2. The Balaban J connectivity index is 1.75. The standard InChI is InChI=1S/C20H18F3N3O5/c1-18-7-12(25-17(29)30-3)19(2,31-18)14-13(18)15(27)26(16(14)28)10-5-4-9(8-24)11(6-10)20(21,22)23/h4-6,12-14H,7H2,1-3H3,(H,25,29)/t12-,13+,14?,18-,19+/m1/s1. The molecule has 8 nitrogen and oxygen atoms in total. The molecule has 2 bridgehead atoms. The van der Waals surface area contributed by atoms with Crippen LogP contribution in [0.1, 0.15) is 31.4 Å². The fraction of sp³-hybridized carbons (Fsp3) is 0.500. The van der Waals surface area contributed by atoms with Crippen LogP contribution in [0.2, 0.25) is 0 Å². The summed E-state index contributed by atoms with van der Waals surface area (Å²) in [6, 6.07) is 3.54. The van der Waals surface area contributed by atoms with Crippen molar-refractivity contribution >= 4 is 23.6 Å². The summed E-state index contributed by atoms with van der Waals surface area (Å²) >= 11 is 0. The number of hydrogen-bond acceptors (Lipinski definition) is 6. The van der Waals surface area contributed by atoms with Crippen LogP contribution in [0.5, 0.6) is 0 Å². The molecule has 3 amide bonds. The minimum atomic E-state index is -4.83. The number of imide groups is 1. The molecule has 3 saturated heterocycles. The van der Waals surface area contributed by atoms with Crippen molar-refractivity contribution in [2.45, 2.75) is 43.7 Å². The van der Waals surface area contributed by atoms with Crippen molar-refractivity contribution in [3.8, 4) is 6.07 Å². The quantitative estimate of drug-likeness (QED) is 0.712. The van der Waals surface area contributed by atoms with Crippen LogP contribution in [0.15, 0.2) is 18.2 Å². The number of carbonyl (C=O) groups excluding carboxylic acids is 3. The number of halogens is 3. The maximum absolute atomic E-state index is 13.4. The molecule has 1 aromatic rings. The molecule has 0 aliphatic carbocycles. The molecule has 11 heteroatoms. The van der Waals surface area contributed by atoms with Gasteiger partial charge in [-0.15, -0.1) is 0 Å². The molecule has 1 unspecified atom stereocenters. The van der Waals surface area contributed by atoms with Gasteiger partial charge >= 0.3 is 12.3 Å². The first-order chi connectivity index (χ1) is 14.4. The Labute approximate surface area is 174 Å². The normalized spacial score (nSPS) is 34.0. The summed E-state index contributed by atoms with van der Waals surface area (Å²) < 4.78 is 50.8. The summed E-state index contributed by atoms with van der Waals surface area (Å²) in [5.74, 6) is -3.29. The summed E-state index contributed by atoms with van der Waals surface area (Å²) in [5.41, 5.74) is -4.44. The first-order valence-corrected chi connectivity index (χ1v) is 9.41. The topological polar surface area (TPSA) is 109 Å². The van der Waals surface area contributed by atoms with Crippen LogP contribution in [-0.2, 0) is 25.2 Å². The van der Waals surface area contributed by atoms with E-state index in [1.54, 1.807) is 13.8 Å². The third-order valence-corrected chi connectivity index (χ3v) is 6.50. The average molecular weight is 437 g/mol. The minimum Gasteiger partial charge on any atom is -0.453 e. The van der Waals surface area contributed by atoms with Gasteiger partial charge in [0.25, 0.3) is 0 Å². The van der Waals surface area contributed by atoms with E-state index < -0.39 is 64.3 Å². The number of alkyl carbamates (subject to hydrolysis) is 1. The van der Waals surface area contributed by atoms with Crippen LogP contribution in [0, 0.1) is 23.2 Å². The highest BCUT2D eigenvalue weighted by molar-refractivity contribution is 6.23. The van der Waals surface area contributed by atoms with Crippen molar-refractivity contribution in [3.05, 3.63) is 29.3 Å². The van der Waals surface area contributed by atoms with Gasteiger partial charge in [0.05, 0.1) is 59.1 Å². The second kappa shape index (κ2) is 6.43. The van der Waals surface area contributed by atoms with Gasteiger partial charge in [0, 0.05) is 6.42 Å². The van der Waals surface area contributed by atoms with Crippen molar-refractivity contribution in [1.29, 1.82) is 5.26 Å². The van der Waals surface area contributed by atoms with Crippen molar-refractivity contribution in [2.24, 2.45) is 11.8 Å². The Morgan fingerprint density at radius 3 is 2.52 bits per heavy atom. The maximum atomic E-state index is 13.4. The van der Waals surface area contributed by atoms with Gasteiger partial charge in [-0.05, 0) is 32.0 Å². The van der Waals surface area contributed by atoms with Crippen LogP contribution in [0.3, 0.4) is 0 Å². The van der Waals surface area contributed by atoms with Crippen molar-refractivity contribution in [1.82, 2.24) is 5.32 Å². The van der Waals surface area contributed by atoms with Crippen LogP contribution >= 0.6 is 0 Å². The van der Waals surface area contributed by atoms with Gasteiger partial charge in [-0.25, -0.2) is 9.69 Å². The van der Waals surface area contributed by atoms with Gasteiger partial charge in [0.1, 0.15) is 0 Å². The lowest BCUT2D eigenvalue weighted by molar-refractivity contribution is -0.138. The molecular weight excluding hydrogens is 419 g/mol. The predicted molar refractivity (Wildman–Crippen MR) is 97.5 cm³/mol. The van der Waals surface area contributed by atoms with Gasteiger partial charge in [-0.1, -0.05) is 0 Å². The molecule has 4 rings (SSSR count). The Hall–Kier alpha value is -3.13. The Morgan fingerprint density at radius 2 is 1.94 bits per heavy atom. The Kier molecular flexibility index (Phi) is 4.38. The molecule has 0 saturated carbocycles. The van der Waals surface area contributed by atoms with E-state index in [1.165, 1.54) is 13.2 Å². The molecule has 3 fully saturated rings. The first-order valence-electron chi connectivity index (χ1n) is 9.41. The number of carbonyl (C=O) groups is 3. The first kappa shape index (κ1) is 21.1. The van der Waals surface area contributed by atoms with Crippen molar-refractivity contribution < 1.29 is 37.0 Å². The van der Waals surface area contributed by atoms with Crippen LogP contribution < -0.4 is 10.2 Å². The van der Waals surface area contributed by atoms with E-state index in [0.29, 0.717) is 6.07 Å². The van der Waals surface area contributed by atoms with E-state index in [4.69, 9.17) is 10.00 Å². The third kappa shape index (κ3) is 2.81. The third-order valence-electron chi connectivity index (χ3n) is 6.50. The zero-order valence-corrected chi connectivity index (χ0v) is 16.7. The number of methoxy groups -OCH3 is 1. The number of nitrogens with one attached hydrogen (secondary N) is 1. The highest BCUT2D eigenvalue weighted by atomic mass is 19.4. The number of alkyl halides is 3. The van der Waals surface area contributed by atoms with E-state index in [9.17, 15) is 27.6 Å². The van der Waals surface area contributed by atoms with E-state index in [1.807, 2.05) is 0 Å². The fourth-order valence-electron chi connectivity index (χ4n) is 5.21. The van der Waals surface area contributed by atoms with E-state index >= 15 is 0 Å². The number of nitrogens with zero attached hydrogens (tertiary/aromatic N) is 2. The number of benzene rings is 1. The molecule has 3 heterocycles. The van der Waals surface area contributed by atoms with Crippen LogP contribution in [0.4, 0.5) is 23.7 Å². The number of ether oxygens (including phenoxy) is 2. The number of fused-ring (bicyclic) bond motifs is 5. The van der Waals surface area contributed by atoms with E-state index in [-0.39, 0.29) is 12.1 Å². The average Bonchev–Trinajstić information content (AvgIpc) is 3.21. The lowest BCUT2D eigenvalue weighted by atomic mass is 9.66. The Bertz CT molecular complexity index is 1050. The van der Waals surface area contributed by atoms with Gasteiger partial charge in [-0.2, -0.15) is 18.4 Å². The second-order valence-electron chi connectivity index (χ2n) is 8.30. The number of hydrogen-bond donors (Lipinski definition) is 1. The van der Waals surface area contributed by atoms with Gasteiger partial charge in [0.15, 0.2) is 0 Å². The SMILES string of the molecule is COC(=O)N[C@@H]1C[C@@]2(C)O[C@]1(C)C1C(=O)N(c3ccc(C#N)c(C(F)(F)F)c3)C(=O)[C@H]12. The lowest BCUT2D eigenvalue weighted by Gasteiger charge is -2.35. The molecule has 1 aromatic carbocycles.